The van der Waals surface area contributed by atoms with Gasteiger partial charge in [-0.1, -0.05) is 35.9 Å². The van der Waals surface area contributed by atoms with Crippen LogP contribution in [0.3, 0.4) is 0 Å². The molecule has 0 atom stereocenters. The Morgan fingerprint density at radius 2 is 1.74 bits per heavy atom. The minimum atomic E-state index is 0.478. The summed E-state index contributed by atoms with van der Waals surface area (Å²) in [7, 11) is 0. The Kier molecular flexibility index (Phi) is 5.61. The van der Waals surface area contributed by atoms with Gasteiger partial charge in [0.25, 0.3) is 0 Å². The molecule has 0 aliphatic carbocycles. The van der Waals surface area contributed by atoms with E-state index < -0.39 is 0 Å². The second kappa shape index (κ2) is 8.46. The van der Waals surface area contributed by atoms with Crippen LogP contribution in [-0.4, -0.2) is 32.9 Å². The highest BCUT2D eigenvalue weighted by Crippen LogP contribution is 2.29. The zero-order chi connectivity index (χ0) is 18.5. The van der Waals surface area contributed by atoms with Crippen molar-refractivity contribution < 1.29 is 0 Å². The third-order valence-corrected chi connectivity index (χ3v) is 5.30. The zero-order valence-corrected chi connectivity index (χ0v) is 15.8. The maximum Gasteiger partial charge on any atom is 0.228 e. The number of likely N-dealkylation sites (tertiary alicyclic amines) is 1. The highest BCUT2D eigenvalue weighted by molar-refractivity contribution is 6.31. The molecule has 1 saturated heterocycles. The van der Waals surface area contributed by atoms with E-state index in [1.165, 1.54) is 5.56 Å². The Labute approximate surface area is 164 Å². The highest BCUT2D eigenvalue weighted by atomic mass is 35.5. The second-order valence-corrected chi connectivity index (χ2v) is 7.19. The Morgan fingerprint density at radius 1 is 0.963 bits per heavy atom. The van der Waals surface area contributed by atoms with Crippen LogP contribution in [0.1, 0.15) is 30.0 Å². The fourth-order valence-electron chi connectivity index (χ4n) is 3.48. The lowest BCUT2D eigenvalue weighted by atomic mass is 9.93. The number of rotatable bonds is 5. The van der Waals surface area contributed by atoms with Gasteiger partial charge in [-0.2, -0.15) is 0 Å². The molecule has 27 heavy (non-hydrogen) atoms. The van der Waals surface area contributed by atoms with Crippen LogP contribution in [0.25, 0.3) is 0 Å². The number of aromatic nitrogens is 3. The van der Waals surface area contributed by atoms with Gasteiger partial charge in [0, 0.05) is 35.6 Å². The number of hydrogen-bond donors (Lipinski definition) is 1. The minimum Gasteiger partial charge on any atom is -0.309 e. The van der Waals surface area contributed by atoms with Crippen molar-refractivity contribution in [2.24, 2.45) is 0 Å². The van der Waals surface area contributed by atoms with Crippen LogP contribution in [0.15, 0.2) is 60.9 Å². The molecule has 0 amide bonds. The fraction of sp³-hybridized carbons (Fsp3) is 0.286. The first kappa shape index (κ1) is 17.9. The molecular formula is C21H22ClN5. The number of piperidine rings is 1. The largest absolute Gasteiger partial charge is 0.309 e. The molecule has 0 bridgehead atoms. The third kappa shape index (κ3) is 4.62. The number of benzene rings is 1. The summed E-state index contributed by atoms with van der Waals surface area (Å²) in [5, 5.41) is 4.02. The molecule has 4 rings (SSSR count). The number of anilines is 2. The molecule has 1 aliphatic rings. The van der Waals surface area contributed by atoms with Gasteiger partial charge in [-0.15, -0.1) is 0 Å². The Hall–Kier alpha value is -2.50. The molecule has 1 fully saturated rings. The quantitative estimate of drug-likeness (QED) is 0.699. The molecule has 0 saturated carbocycles. The minimum absolute atomic E-state index is 0.478. The molecule has 3 heterocycles. The van der Waals surface area contributed by atoms with Gasteiger partial charge < -0.3 is 5.32 Å². The van der Waals surface area contributed by atoms with Crippen molar-refractivity contribution in [3.05, 3.63) is 77.2 Å². The Morgan fingerprint density at radius 3 is 2.52 bits per heavy atom. The molecule has 2 aromatic heterocycles. The van der Waals surface area contributed by atoms with Gasteiger partial charge >= 0.3 is 0 Å². The van der Waals surface area contributed by atoms with Gasteiger partial charge in [0.1, 0.15) is 5.82 Å². The summed E-state index contributed by atoms with van der Waals surface area (Å²) >= 11 is 6.30. The van der Waals surface area contributed by atoms with Gasteiger partial charge in [-0.3, -0.25) is 4.90 Å². The highest BCUT2D eigenvalue weighted by Gasteiger charge is 2.22. The maximum absolute atomic E-state index is 6.30. The molecule has 0 spiro atoms. The summed E-state index contributed by atoms with van der Waals surface area (Å²) in [6.07, 6.45) is 5.63. The average Bonchev–Trinajstić information content (AvgIpc) is 2.71. The van der Waals surface area contributed by atoms with E-state index in [9.17, 15) is 0 Å². The van der Waals surface area contributed by atoms with E-state index >= 15 is 0 Å². The molecule has 138 valence electrons. The fourth-order valence-corrected chi connectivity index (χ4v) is 3.68. The standard InChI is InChI=1S/C21H22ClN5/c22-18-6-2-1-5-17(18)15-27-13-9-16(10-14-27)19-7-3-8-20(25-19)26-21-23-11-4-12-24-21/h1-8,11-12,16H,9-10,13-15H2,(H,23,24,25,26). The van der Waals surface area contributed by atoms with E-state index in [4.69, 9.17) is 16.6 Å². The molecule has 3 aromatic rings. The predicted molar refractivity (Wildman–Crippen MR) is 108 cm³/mol. The molecular weight excluding hydrogens is 358 g/mol. The normalized spacial score (nSPS) is 15.6. The maximum atomic E-state index is 6.30. The van der Waals surface area contributed by atoms with Crippen LogP contribution in [0.4, 0.5) is 11.8 Å². The number of hydrogen-bond acceptors (Lipinski definition) is 5. The van der Waals surface area contributed by atoms with Crippen LogP contribution in [0, 0.1) is 0 Å². The molecule has 5 nitrogen and oxygen atoms in total. The van der Waals surface area contributed by atoms with Gasteiger partial charge in [0.05, 0.1) is 0 Å². The summed E-state index contributed by atoms with van der Waals surface area (Å²) < 4.78 is 0. The van der Waals surface area contributed by atoms with Crippen LogP contribution in [0.5, 0.6) is 0 Å². The average molecular weight is 380 g/mol. The molecule has 1 N–H and O–H groups in total. The summed E-state index contributed by atoms with van der Waals surface area (Å²) in [4.78, 5) is 15.6. The first-order chi connectivity index (χ1) is 13.3. The van der Waals surface area contributed by atoms with E-state index in [0.717, 1.165) is 49.0 Å². The lowest BCUT2D eigenvalue weighted by molar-refractivity contribution is 0.203. The molecule has 1 aliphatic heterocycles. The molecule has 0 radical (unpaired) electrons. The SMILES string of the molecule is Clc1ccccc1CN1CCC(c2cccc(Nc3ncccn3)n2)CC1. The molecule has 1 aromatic carbocycles. The lowest BCUT2D eigenvalue weighted by Gasteiger charge is -2.32. The van der Waals surface area contributed by atoms with Crippen molar-refractivity contribution in [1.29, 1.82) is 0 Å². The Balaban J connectivity index is 1.37. The van der Waals surface area contributed by atoms with Crippen molar-refractivity contribution in [3.63, 3.8) is 0 Å². The summed E-state index contributed by atoms with van der Waals surface area (Å²) in [5.41, 5.74) is 2.33. The monoisotopic (exact) mass is 379 g/mol. The first-order valence-corrected chi connectivity index (χ1v) is 9.62. The first-order valence-electron chi connectivity index (χ1n) is 9.25. The van der Waals surface area contributed by atoms with Crippen molar-refractivity contribution in [2.45, 2.75) is 25.3 Å². The number of nitrogens with one attached hydrogen (secondary N) is 1. The number of pyridine rings is 1. The van der Waals surface area contributed by atoms with Gasteiger partial charge in [0.2, 0.25) is 5.95 Å². The topological polar surface area (TPSA) is 53.9 Å². The third-order valence-electron chi connectivity index (χ3n) is 4.93. The predicted octanol–water partition coefficient (Wildman–Crippen LogP) is 4.65. The zero-order valence-electron chi connectivity index (χ0n) is 15.1. The summed E-state index contributed by atoms with van der Waals surface area (Å²) in [6, 6.07) is 16.0. The van der Waals surface area contributed by atoms with Gasteiger partial charge in [0.15, 0.2) is 0 Å². The summed E-state index contributed by atoms with van der Waals surface area (Å²) in [6.45, 7) is 3.01. The van der Waals surface area contributed by atoms with Crippen molar-refractivity contribution in [3.8, 4) is 0 Å². The van der Waals surface area contributed by atoms with E-state index in [1.54, 1.807) is 18.5 Å². The second-order valence-electron chi connectivity index (χ2n) is 6.79. The Bertz CT molecular complexity index is 879. The van der Waals surface area contributed by atoms with E-state index in [1.807, 2.05) is 30.3 Å². The van der Waals surface area contributed by atoms with E-state index in [2.05, 4.69) is 32.3 Å². The van der Waals surface area contributed by atoms with Gasteiger partial charge in [-0.05, 0) is 55.8 Å². The van der Waals surface area contributed by atoms with Crippen LogP contribution in [0.2, 0.25) is 5.02 Å². The molecule has 6 heteroatoms. The smallest absolute Gasteiger partial charge is 0.228 e. The van der Waals surface area contributed by atoms with E-state index in [0.29, 0.717) is 11.9 Å². The van der Waals surface area contributed by atoms with E-state index in [-0.39, 0.29) is 0 Å². The van der Waals surface area contributed by atoms with Crippen molar-refractivity contribution in [1.82, 2.24) is 19.9 Å². The van der Waals surface area contributed by atoms with Crippen LogP contribution >= 0.6 is 11.6 Å². The van der Waals surface area contributed by atoms with Crippen LogP contribution < -0.4 is 5.32 Å². The number of nitrogens with zero attached hydrogens (tertiary/aromatic N) is 4. The van der Waals surface area contributed by atoms with Crippen molar-refractivity contribution in [2.75, 3.05) is 18.4 Å². The van der Waals surface area contributed by atoms with Crippen LogP contribution in [-0.2, 0) is 6.54 Å². The summed E-state index contributed by atoms with van der Waals surface area (Å²) in [5.74, 6) is 1.83. The van der Waals surface area contributed by atoms with Crippen molar-refractivity contribution >= 4 is 23.4 Å². The number of halogens is 1. The van der Waals surface area contributed by atoms with Gasteiger partial charge in [-0.25, -0.2) is 15.0 Å². The molecule has 0 unspecified atom stereocenters. The lowest BCUT2D eigenvalue weighted by Crippen LogP contribution is -2.32.